The van der Waals surface area contributed by atoms with E-state index in [1.165, 1.54) is 54.8 Å². The second-order valence-electron chi connectivity index (χ2n) is 13.5. The van der Waals surface area contributed by atoms with E-state index >= 15 is 0 Å². The molecule has 8 rings (SSSR count). The first kappa shape index (κ1) is 26.6. The van der Waals surface area contributed by atoms with E-state index in [0.717, 1.165) is 33.9 Å². The normalized spacial score (nSPS) is 12.3. The van der Waals surface area contributed by atoms with E-state index < -0.39 is 0 Å². The number of fused-ring (bicyclic) bond motifs is 13. The molecule has 0 amide bonds. The van der Waals surface area contributed by atoms with Crippen molar-refractivity contribution in [1.29, 1.82) is 0 Å². The van der Waals surface area contributed by atoms with Gasteiger partial charge in [-0.15, -0.1) is 0 Å². The highest BCUT2D eigenvalue weighted by atomic mass is 16.3. The van der Waals surface area contributed by atoms with Crippen molar-refractivity contribution in [2.75, 3.05) is 0 Å². The summed E-state index contributed by atoms with van der Waals surface area (Å²) in [4.78, 5) is 0. The van der Waals surface area contributed by atoms with Gasteiger partial charge in [0.25, 0.3) is 0 Å². The Morgan fingerprint density at radius 2 is 1.25 bits per heavy atom. The molecule has 8 aromatic rings. The Morgan fingerprint density at radius 1 is 0.545 bits per heavy atom. The van der Waals surface area contributed by atoms with Crippen LogP contribution in [-0.2, 0) is 6.42 Å². The maximum Gasteiger partial charge on any atom is 0.228 e. The van der Waals surface area contributed by atoms with Gasteiger partial charge in [0.15, 0.2) is 12.4 Å². The molecular formula is C41H36N2O+2. The first-order valence-electron chi connectivity index (χ1n) is 15.5. The summed E-state index contributed by atoms with van der Waals surface area (Å²) in [6, 6.07) is 37.5. The Balaban J connectivity index is 1.70. The van der Waals surface area contributed by atoms with Crippen LogP contribution in [0.1, 0.15) is 37.5 Å². The van der Waals surface area contributed by atoms with Gasteiger partial charge < -0.3 is 4.42 Å². The molecule has 0 N–H and O–H groups in total. The van der Waals surface area contributed by atoms with Gasteiger partial charge in [-0.25, -0.2) is 0 Å². The smallest absolute Gasteiger partial charge is 0.228 e. The average molecular weight is 573 g/mol. The van der Waals surface area contributed by atoms with Crippen LogP contribution in [0.25, 0.3) is 65.6 Å². The van der Waals surface area contributed by atoms with Crippen LogP contribution in [0, 0.1) is 19.3 Å². The lowest BCUT2D eigenvalue weighted by Crippen LogP contribution is -2.28. The molecule has 3 heteroatoms. The molecule has 214 valence electrons. The highest BCUT2D eigenvalue weighted by Gasteiger charge is 2.23. The van der Waals surface area contributed by atoms with Gasteiger partial charge in [0.2, 0.25) is 22.1 Å². The third-order valence-electron chi connectivity index (χ3n) is 8.87. The van der Waals surface area contributed by atoms with Gasteiger partial charge in [-0.2, -0.15) is 8.80 Å². The van der Waals surface area contributed by atoms with Crippen molar-refractivity contribution in [2.45, 2.75) is 41.0 Å². The van der Waals surface area contributed by atoms with Gasteiger partial charge in [0.05, 0.1) is 6.07 Å². The largest absolute Gasteiger partial charge is 0.456 e. The van der Waals surface area contributed by atoms with E-state index in [9.17, 15) is 0 Å². The van der Waals surface area contributed by atoms with Gasteiger partial charge >= 0.3 is 0 Å². The summed E-state index contributed by atoms with van der Waals surface area (Å²) >= 11 is 0. The second kappa shape index (κ2) is 9.75. The summed E-state index contributed by atoms with van der Waals surface area (Å²) < 4.78 is 11.6. The lowest BCUT2D eigenvalue weighted by molar-refractivity contribution is -0.488. The summed E-state index contributed by atoms with van der Waals surface area (Å²) in [5.41, 5.74) is 10.4. The highest BCUT2D eigenvalue weighted by Crippen LogP contribution is 2.34. The molecule has 0 atom stereocenters. The third-order valence-corrected chi connectivity index (χ3v) is 8.87. The molecule has 3 nitrogen and oxygen atoms in total. The molecule has 0 saturated heterocycles. The lowest BCUT2D eigenvalue weighted by Gasteiger charge is -2.17. The Bertz CT molecular complexity index is 2530. The number of hydrogen-bond donors (Lipinski definition) is 0. The van der Waals surface area contributed by atoms with Crippen LogP contribution in [0.3, 0.4) is 0 Å². The van der Waals surface area contributed by atoms with E-state index in [-0.39, 0.29) is 5.41 Å². The number of nitrogens with zero attached hydrogens (tertiary/aromatic N) is 2. The van der Waals surface area contributed by atoms with Crippen LogP contribution in [0.2, 0.25) is 0 Å². The van der Waals surface area contributed by atoms with Crippen molar-refractivity contribution in [3.8, 4) is 0 Å². The molecule has 4 aromatic heterocycles. The van der Waals surface area contributed by atoms with E-state index in [0.29, 0.717) is 0 Å². The van der Waals surface area contributed by atoms with Gasteiger partial charge in [-0.3, -0.25) is 0 Å². The van der Waals surface area contributed by atoms with Crippen LogP contribution >= 0.6 is 0 Å². The zero-order valence-electron chi connectivity index (χ0n) is 26.0. The van der Waals surface area contributed by atoms with Crippen molar-refractivity contribution in [1.82, 2.24) is 0 Å². The van der Waals surface area contributed by atoms with Crippen molar-refractivity contribution in [2.24, 2.45) is 5.41 Å². The predicted octanol–water partition coefficient (Wildman–Crippen LogP) is 9.85. The summed E-state index contributed by atoms with van der Waals surface area (Å²) in [6.07, 6.45) is 5.47. The monoisotopic (exact) mass is 572 g/mol. The number of rotatable bonds is 1. The molecule has 44 heavy (non-hydrogen) atoms. The van der Waals surface area contributed by atoms with Crippen molar-refractivity contribution < 1.29 is 13.2 Å². The van der Waals surface area contributed by atoms with Crippen LogP contribution in [-0.4, -0.2) is 0 Å². The SMILES string of the molecule is Cc1ccc2c3cc(CC(C)(C)C)cc[n+]3c3cc4oc5ccccc5c5ccccc5c4cc3c3c(C)ccc[n+]3c2c1. The Kier molecular flexibility index (Phi) is 5.89. The topological polar surface area (TPSA) is 21.3 Å². The fraction of sp³-hybridized carbons (Fsp3) is 0.171. The number of benzene rings is 4. The molecule has 0 saturated carbocycles. The maximum absolute atomic E-state index is 6.81. The molecule has 0 spiro atoms. The summed E-state index contributed by atoms with van der Waals surface area (Å²) in [5.74, 6) is 0. The van der Waals surface area contributed by atoms with Crippen LogP contribution in [0.4, 0.5) is 0 Å². The Labute approximate surface area is 256 Å². The molecule has 4 aromatic carbocycles. The molecule has 0 aliphatic heterocycles. The van der Waals surface area contributed by atoms with Crippen LogP contribution in [0.5, 0.6) is 0 Å². The summed E-state index contributed by atoms with van der Waals surface area (Å²) in [7, 11) is 0. The molecule has 0 aliphatic rings. The number of aryl methyl sites for hydroxylation is 2. The number of pyridine rings is 2. The quantitative estimate of drug-likeness (QED) is 0.179. The lowest BCUT2D eigenvalue weighted by atomic mass is 9.88. The molecule has 0 aliphatic carbocycles. The number of para-hydroxylation sites is 1. The molecule has 4 heterocycles. The van der Waals surface area contributed by atoms with E-state index in [2.05, 4.69) is 159 Å². The predicted molar refractivity (Wildman–Crippen MR) is 183 cm³/mol. The van der Waals surface area contributed by atoms with E-state index in [1.807, 2.05) is 0 Å². The minimum absolute atomic E-state index is 0.180. The van der Waals surface area contributed by atoms with Crippen LogP contribution < -0.4 is 8.80 Å². The minimum Gasteiger partial charge on any atom is -0.456 e. The van der Waals surface area contributed by atoms with Gasteiger partial charge in [-0.05, 0) is 71.8 Å². The van der Waals surface area contributed by atoms with Crippen molar-refractivity contribution in [3.63, 3.8) is 0 Å². The summed E-state index contributed by atoms with van der Waals surface area (Å²) in [6.45, 7) is 11.3. The summed E-state index contributed by atoms with van der Waals surface area (Å²) in [5, 5.41) is 6.96. The highest BCUT2D eigenvalue weighted by molar-refractivity contribution is 6.16. The first-order chi connectivity index (χ1) is 21.2. The van der Waals surface area contributed by atoms with Gasteiger partial charge in [0.1, 0.15) is 21.9 Å². The standard InChI is InChI=1S/C41H36N2O/c1-26-16-17-32-35(21-26)43-19-10-11-27(2)40(43)34-23-33-30-13-7-6-12-29(30)31-14-8-9-15-38(31)44-39(33)24-37(34)42-20-18-28(22-36(32)42)25-41(3,4)5/h6-24H,25H2,1-5H3/q+2. The molecule has 0 unspecified atom stereocenters. The van der Waals surface area contributed by atoms with Crippen LogP contribution in [0.15, 0.2) is 120 Å². The zero-order valence-corrected chi connectivity index (χ0v) is 26.0. The zero-order chi connectivity index (χ0) is 30.2. The fourth-order valence-electron chi connectivity index (χ4n) is 7.00. The van der Waals surface area contributed by atoms with Crippen molar-refractivity contribution >= 4 is 65.6 Å². The number of aromatic nitrogens is 2. The molecular weight excluding hydrogens is 536 g/mol. The third kappa shape index (κ3) is 4.26. The maximum atomic E-state index is 6.81. The first-order valence-corrected chi connectivity index (χ1v) is 15.5. The van der Waals surface area contributed by atoms with Crippen molar-refractivity contribution in [3.05, 3.63) is 132 Å². The van der Waals surface area contributed by atoms with Gasteiger partial charge in [-0.1, -0.05) is 69.3 Å². The molecule has 0 radical (unpaired) electrons. The minimum atomic E-state index is 0.180. The Morgan fingerprint density at radius 3 is 2.05 bits per heavy atom. The average Bonchev–Trinajstić information content (AvgIpc) is 3.13. The Hall–Kier alpha value is -5.02. The van der Waals surface area contributed by atoms with E-state index in [4.69, 9.17) is 4.42 Å². The van der Waals surface area contributed by atoms with E-state index in [1.54, 1.807) is 0 Å². The second-order valence-corrected chi connectivity index (χ2v) is 13.5. The fourth-order valence-corrected chi connectivity index (χ4v) is 7.00. The molecule has 0 bridgehead atoms. The van der Waals surface area contributed by atoms with Gasteiger partial charge in [0, 0.05) is 40.6 Å². The molecule has 0 fully saturated rings. The number of hydrogen-bond acceptors (Lipinski definition) is 1.